The van der Waals surface area contributed by atoms with E-state index < -0.39 is 11.9 Å². The van der Waals surface area contributed by atoms with Crippen molar-refractivity contribution in [2.75, 3.05) is 0 Å². The van der Waals surface area contributed by atoms with Crippen molar-refractivity contribution < 1.29 is 14.7 Å². The van der Waals surface area contributed by atoms with Crippen molar-refractivity contribution >= 4 is 34.5 Å². The summed E-state index contributed by atoms with van der Waals surface area (Å²) in [5.74, 6) is -1.78. The Bertz CT molecular complexity index is 1560. The monoisotopic (exact) mass is 591 g/mol. The number of rotatable bonds is 7. The number of aromatic nitrogens is 2. The summed E-state index contributed by atoms with van der Waals surface area (Å²) in [7, 11) is 0. The lowest BCUT2D eigenvalue weighted by Gasteiger charge is -2.14. The first-order valence-corrected chi connectivity index (χ1v) is 15.1. The maximum absolute atomic E-state index is 13.1. The summed E-state index contributed by atoms with van der Waals surface area (Å²) in [5.41, 5.74) is 3.43. The molecular formula is C34H42ClN3O4. The Labute approximate surface area is 253 Å². The molecule has 0 aliphatic heterocycles. The number of aliphatic carboxylic acids is 1. The van der Waals surface area contributed by atoms with E-state index in [1.165, 1.54) is 0 Å². The van der Waals surface area contributed by atoms with Crippen molar-refractivity contribution in [2.45, 2.75) is 73.8 Å². The Morgan fingerprint density at radius 1 is 1.00 bits per heavy atom. The Hall–Kier alpha value is -3.97. The molecule has 1 unspecified atom stereocenters. The number of fused-ring (bicyclic) bond motifs is 1. The molecular weight excluding hydrogens is 550 g/mol. The number of carbonyl (C=O) groups is 2. The van der Waals surface area contributed by atoms with Crippen molar-refractivity contribution in [3.63, 3.8) is 0 Å². The first-order valence-electron chi connectivity index (χ1n) is 14.7. The number of hydrogen-bond donors (Lipinski definition) is 2. The van der Waals surface area contributed by atoms with E-state index in [9.17, 15) is 19.5 Å². The zero-order chi connectivity index (χ0) is 31.4. The third kappa shape index (κ3) is 8.29. The minimum Gasteiger partial charge on any atom is -0.481 e. The molecule has 0 saturated heterocycles. The van der Waals surface area contributed by atoms with Crippen molar-refractivity contribution in [1.82, 2.24) is 14.9 Å². The van der Waals surface area contributed by atoms with Crippen LogP contribution in [0.2, 0.25) is 5.02 Å². The van der Waals surface area contributed by atoms with E-state index in [4.69, 9.17) is 11.6 Å². The van der Waals surface area contributed by atoms with Crippen molar-refractivity contribution in [3.05, 3.63) is 93.4 Å². The highest BCUT2D eigenvalue weighted by Crippen LogP contribution is 2.29. The first-order chi connectivity index (χ1) is 20.3. The topological polar surface area (TPSA) is 101 Å². The highest BCUT2D eigenvalue weighted by atomic mass is 35.5. The summed E-state index contributed by atoms with van der Waals surface area (Å²) < 4.78 is 1.76. The number of amides is 1. The molecule has 1 amide bonds. The maximum atomic E-state index is 13.1. The second kappa shape index (κ2) is 16.5. The van der Waals surface area contributed by atoms with Gasteiger partial charge < -0.3 is 15.0 Å². The van der Waals surface area contributed by atoms with Gasteiger partial charge in [-0.1, -0.05) is 84.3 Å². The summed E-state index contributed by atoms with van der Waals surface area (Å²) >= 11 is 6.50. The molecule has 0 radical (unpaired) electrons. The van der Waals surface area contributed by atoms with E-state index in [2.05, 4.69) is 10.3 Å². The van der Waals surface area contributed by atoms with Gasteiger partial charge in [0.15, 0.2) is 0 Å². The largest absolute Gasteiger partial charge is 0.481 e. The second-order valence-corrected chi connectivity index (χ2v) is 9.57. The van der Waals surface area contributed by atoms with Crippen LogP contribution in [0.4, 0.5) is 0 Å². The lowest BCUT2D eigenvalue weighted by atomic mass is 9.98. The van der Waals surface area contributed by atoms with E-state index in [-0.39, 0.29) is 22.9 Å². The number of halogens is 1. The molecule has 5 rings (SSSR count). The third-order valence-electron chi connectivity index (χ3n) is 6.38. The number of nitrogens with zero attached hydrogens (tertiary/aromatic N) is 2. The number of benzene rings is 2. The molecule has 1 aliphatic carbocycles. The highest BCUT2D eigenvalue weighted by Gasteiger charge is 2.26. The molecule has 2 heterocycles. The molecule has 2 N–H and O–H groups in total. The molecule has 4 aromatic rings. The van der Waals surface area contributed by atoms with Crippen LogP contribution < -0.4 is 10.7 Å². The Balaban J connectivity index is 0.000000966. The number of hydrogen-bond acceptors (Lipinski definition) is 4. The Morgan fingerprint density at radius 2 is 1.67 bits per heavy atom. The minimum atomic E-state index is -0.866. The molecule has 2 aromatic heterocycles. The summed E-state index contributed by atoms with van der Waals surface area (Å²) in [6.45, 7) is 13.7. The maximum Gasteiger partial charge on any atom is 0.306 e. The van der Waals surface area contributed by atoms with E-state index in [1.807, 2.05) is 84.0 Å². The van der Waals surface area contributed by atoms with Gasteiger partial charge in [0.05, 0.1) is 11.3 Å². The number of carbonyl (C=O) groups excluding carboxylic acids is 1. The number of carboxylic acid groups (broad SMARTS) is 1. The molecule has 1 saturated carbocycles. The molecule has 42 heavy (non-hydrogen) atoms. The van der Waals surface area contributed by atoms with E-state index in [0.717, 1.165) is 35.2 Å². The fraction of sp³-hybridized carbons (Fsp3) is 0.353. The lowest BCUT2D eigenvalue weighted by molar-refractivity contribution is -0.141. The van der Waals surface area contributed by atoms with Gasteiger partial charge in [0, 0.05) is 29.1 Å². The van der Waals surface area contributed by atoms with Crippen molar-refractivity contribution in [2.24, 2.45) is 5.92 Å². The lowest BCUT2D eigenvalue weighted by Crippen LogP contribution is -2.31. The molecule has 1 fully saturated rings. The van der Waals surface area contributed by atoms with Crippen LogP contribution in [0.3, 0.4) is 0 Å². The van der Waals surface area contributed by atoms with Crippen molar-refractivity contribution in [1.29, 1.82) is 0 Å². The Kier molecular flexibility index (Phi) is 13.4. The van der Waals surface area contributed by atoms with E-state index in [0.29, 0.717) is 22.5 Å². The normalized spacial score (nSPS) is 12.4. The first kappa shape index (κ1) is 34.2. The highest BCUT2D eigenvalue weighted by molar-refractivity contribution is 6.31. The summed E-state index contributed by atoms with van der Waals surface area (Å²) in [6.07, 6.45) is 5.36. The standard InChI is InChI=1S/C28H24ClN3O4.3C2H6/c1-16(28(35)36)12-19-8-7-18(14-24(19)29)17-4-2-5-21(13-17)32-15-23(27(34)31-20-9-10-20)25(33)22-6-3-11-30-26(22)32;3*1-2/h2-8,11,13-16,20H,9-10,12H2,1H3,(H,31,34)(H,35,36);3*1-2H3. The van der Waals surface area contributed by atoms with E-state index in [1.54, 1.807) is 36.0 Å². The third-order valence-corrected chi connectivity index (χ3v) is 6.73. The van der Waals surface area contributed by atoms with Gasteiger partial charge in [0.1, 0.15) is 11.2 Å². The Morgan fingerprint density at radius 3 is 2.29 bits per heavy atom. The molecule has 8 heteroatoms. The van der Waals surface area contributed by atoms with Crippen LogP contribution in [0.5, 0.6) is 0 Å². The number of nitrogens with one attached hydrogen (secondary N) is 1. The minimum absolute atomic E-state index is 0.0766. The zero-order valence-electron chi connectivity index (χ0n) is 25.6. The molecule has 7 nitrogen and oxygen atoms in total. The average Bonchev–Trinajstić information content (AvgIpc) is 3.85. The smallest absolute Gasteiger partial charge is 0.306 e. The van der Waals surface area contributed by atoms with Gasteiger partial charge in [-0.05, 0) is 66.3 Å². The van der Waals surface area contributed by atoms with Gasteiger partial charge in [-0.25, -0.2) is 4.98 Å². The second-order valence-electron chi connectivity index (χ2n) is 9.16. The molecule has 0 spiro atoms. The predicted molar refractivity (Wildman–Crippen MR) is 173 cm³/mol. The van der Waals surface area contributed by atoms with Gasteiger partial charge in [-0.2, -0.15) is 0 Å². The van der Waals surface area contributed by atoms with Crippen LogP contribution in [0.25, 0.3) is 27.8 Å². The van der Waals surface area contributed by atoms with Gasteiger partial charge in [0.2, 0.25) is 5.43 Å². The SMILES string of the molecule is CC.CC.CC.CC(Cc1ccc(-c2cccc(-n3cc(C(=O)NC4CC4)c(=O)c4cccnc43)c2)cc1Cl)C(=O)O. The quantitative estimate of drug-likeness (QED) is 0.227. The van der Waals surface area contributed by atoms with Crippen molar-refractivity contribution in [3.8, 4) is 16.8 Å². The predicted octanol–water partition coefficient (Wildman–Crippen LogP) is 7.94. The summed E-state index contributed by atoms with van der Waals surface area (Å²) in [4.78, 5) is 41.5. The average molecular weight is 592 g/mol. The van der Waals surface area contributed by atoms with Crippen LogP contribution in [-0.4, -0.2) is 32.6 Å². The van der Waals surface area contributed by atoms with Crippen LogP contribution >= 0.6 is 11.6 Å². The van der Waals surface area contributed by atoms with Gasteiger partial charge in [-0.15, -0.1) is 0 Å². The fourth-order valence-corrected chi connectivity index (χ4v) is 4.41. The van der Waals surface area contributed by atoms with Gasteiger partial charge >= 0.3 is 5.97 Å². The van der Waals surface area contributed by atoms with E-state index >= 15 is 0 Å². The van der Waals surface area contributed by atoms with Gasteiger partial charge in [0.25, 0.3) is 5.91 Å². The van der Waals surface area contributed by atoms with Crippen LogP contribution in [0.15, 0.2) is 71.8 Å². The molecule has 0 bridgehead atoms. The molecule has 1 aliphatic rings. The number of carboxylic acids is 1. The zero-order valence-corrected chi connectivity index (χ0v) is 26.3. The van der Waals surface area contributed by atoms with Crippen LogP contribution in [0.1, 0.15) is 77.2 Å². The summed E-state index contributed by atoms with van der Waals surface area (Å²) in [5, 5.41) is 13.0. The number of pyridine rings is 2. The van der Waals surface area contributed by atoms with Crippen LogP contribution in [0, 0.1) is 5.92 Å². The molecule has 2 aromatic carbocycles. The van der Waals surface area contributed by atoms with Crippen LogP contribution in [-0.2, 0) is 11.2 Å². The fourth-order valence-electron chi connectivity index (χ4n) is 4.15. The van der Waals surface area contributed by atoms with Gasteiger partial charge in [-0.3, -0.25) is 14.4 Å². The summed E-state index contributed by atoms with van der Waals surface area (Å²) in [6, 6.07) is 16.7. The molecule has 224 valence electrons. The molecule has 1 atom stereocenters.